The average Bonchev–Trinajstić information content (AvgIpc) is 2.33. The molecule has 2 nitrogen and oxygen atoms in total. The van der Waals surface area contributed by atoms with Crippen LogP contribution in [0.5, 0.6) is 0 Å². The normalized spacial score (nSPS) is 15.6. The van der Waals surface area contributed by atoms with Crippen LogP contribution in [0.2, 0.25) is 0 Å². The van der Waals surface area contributed by atoms with Gasteiger partial charge in [0.1, 0.15) is 0 Å². The minimum Gasteiger partial charge on any atom is -0.349 e. The minimum atomic E-state index is 0. The number of aromatic nitrogens is 1. The van der Waals surface area contributed by atoms with Gasteiger partial charge in [0.15, 0.2) is 0 Å². The summed E-state index contributed by atoms with van der Waals surface area (Å²) in [6.45, 7) is 3.27. The van der Waals surface area contributed by atoms with Gasteiger partial charge in [0.2, 0.25) is 0 Å². The van der Waals surface area contributed by atoms with Crippen molar-refractivity contribution in [1.82, 2.24) is 9.88 Å². The fourth-order valence-corrected chi connectivity index (χ4v) is 1.24. The summed E-state index contributed by atoms with van der Waals surface area (Å²) in [5.74, 6) is 0. The second-order valence-electron chi connectivity index (χ2n) is 2.37. The number of halogens is 1. The molecule has 0 amide bonds. The van der Waals surface area contributed by atoms with Gasteiger partial charge in [-0.25, -0.2) is 0 Å². The summed E-state index contributed by atoms with van der Waals surface area (Å²) >= 11 is 0. The minimum absolute atomic E-state index is 0. The first kappa shape index (κ1) is 7.63. The van der Waals surface area contributed by atoms with E-state index in [4.69, 9.17) is 0 Å². The zero-order valence-corrected chi connectivity index (χ0v) is 6.53. The van der Waals surface area contributed by atoms with E-state index in [-0.39, 0.29) is 12.4 Å². The molecule has 10 heavy (non-hydrogen) atoms. The number of nitrogens with zero attached hydrogens (tertiary/aromatic N) is 1. The molecule has 2 rings (SSSR count). The summed E-state index contributed by atoms with van der Waals surface area (Å²) in [4.78, 5) is 0. The van der Waals surface area contributed by atoms with Crippen LogP contribution < -0.4 is 5.32 Å². The third-order valence-electron chi connectivity index (χ3n) is 1.76. The molecule has 1 N–H and O–H groups in total. The number of rotatable bonds is 0. The maximum absolute atomic E-state index is 3.31. The summed E-state index contributed by atoms with van der Waals surface area (Å²) in [6, 6.07) is 4.26. The smallest absolute Gasteiger partial charge is 0.0360 e. The van der Waals surface area contributed by atoms with Crippen molar-refractivity contribution in [1.29, 1.82) is 0 Å². The van der Waals surface area contributed by atoms with Crippen LogP contribution in [0.4, 0.5) is 0 Å². The number of hydrogen-bond donors (Lipinski definition) is 1. The van der Waals surface area contributed by atoms with E-state index in [2.05, 4.69) is 28.2 Å². The van der Waals surface area contributed by atoms with Crippen LogP contribution in [0.25, 0.3) is 0 Å². The highest BCUT2D eigenvalue weighted by molar-refractivity contribution is 5.85. The first-order chi connectivity index (χ1) is 4.47. The maximum Gasteiger partial charge on any atom is 0.0360 e. The summed E-state index contributed by atoms with van der Waals surface area (Å²) in [7, 11) is 0. The lowest BCUT2D eigenvalue weighted by molar-refractivity contribution is 0.517. The molecule has 1 aliphatic heterocycles. The topological polar surface area (TPSA) is 17.0 Å². The largest absolute Gasteiger partial charge is 0.349 e. The summed E-state index contributed by atoms with van der Waals surface area (Å²) in [5.41, 5.74) is 1.40. The maximum atomic E-state index is 3.31. The predicted octanol–water partition coefficient (Wildman–Crippen LogP) is 1.01. The van der Waals surface area contributed by atoms with E-state index < -0.39 is 0 Å². The monoisotopic (exact) mass is 158 g/mol. The van der Waals surface area contributed by atoms with E-state index in [0.717, 1.165) is 19.6 Å². The van der Waals surface area contributed by atoms with Gasteiger partial charge < -0.3 is 9.88 Å². The van der Waals surface area contributed by atoms with Crippen LogP contribution in [0.3, 0.4) is 0 Å². The summed E-state index contributed by atoms with van der Waals surface area (Å²) < 4.78 is 2.29. The van der Waals surface area contributed by atoms with E-state index in [1.165, 1.54) is 5.69 Å². The lowest BCUT2D eigenvalue weighted by Gasteiger charge is -2.15. The van der Waals surface area contributed by atoms with Gasteiger partial charge in [-0.2, -0.15) is 0 Å². The molecule has 2 heterocycles. The summed E-state index contributed by atoms with van der Waals surface area (Å²) in [5, 5.41) is 3.31. The molecule has 1 aromatic rings. The predicted molar refractivity (Wildman–Crippen MR) is 43.4 cm³/mol. The fraction of sp³-hybridized carbons (Fsp3) is 0.429. The van der Waals surface area contributed by atoms with Gasteiger partial charge in [0.05, 0.1) is 0 Å². The van der Waals surface area contributed by atoms with E-state index in [9.17, 15) is 0 Å². The molecule has 56 valence electrons. The van der Waals surface area contributed by atoms with Crippen molar-refractivity contribution in [3.8, 4) is 0 Å². The van der Waals surface area contributed by atoms with Gasteiger partial charge in [0, 0.05) is 31.5 Å². The van der Waals surface area contributed by atoms with Crippen LogP contribution in [-0.4, -0.2) is 11.1 Å². The molecule has 0 saturated heterocycles. The summed E-state index contributed by atoms with van der Waals surface area (Å²) in [6.07, 6.45) is 2.14. The number of nitrogens with one attached hydrogen (secondary N) is 1. The Bertz CT molecular complexity index is 187. The van der Waals surface area contributed by atoms with Crippen LogP contribution in [0, 0.1) is 0 Å². The third kappa shape index (κ3) is 1.18. The molecule has 0 atom stereocenters. The second-order valence-corrected chi connectivity index (χ2v) is 2.37. The molecule has 0 radical (unpaired) electrons. The molecular formula is C7H11ClN2. The molecule has 0 aliphatic carbocycles. The quantitative estimate of drug-likeness (QED) is 0.597. The second kappa shape index (κ2) is 3.08. The number of fused-ring (bicyclic) bond motifs is 1. The number of hydrogen-bond acceptors (Lipinski definition) is 1. The third-order valence-corrected chi connectivity index (χ3v) is 1.76. The Labute approximate surface area is 66.6 Å². The van der Waals surface area contributed by atoms with E-state index in [1.807, 2.05) is 0 Å². The Morgan fingerprint density at radius 2 is 2.40 bits per heavy atom. The molecule has 0 aromatic carbocycles. The lowest BCUT2D eigenvalue weighted by Crippen LogP contribution is -2.27. The van der Waals surface area contributed by atoms with E-state index in [0.29, 0.717) is 0 Å². The molecule has 3 heteroatoms. The van der Waals surface area contributed by atoms with Crippen molar-refractivity contribution < 1.29 is 0 Å². The van der Waals surface area contributed by atoms with E-state index >= 15 is 0 Å². The lowest BCUT2D eigenvalue weighted by atomic mass is 10.3. The van der Waals surface area contributed by atoms with Gasteiger partial charge in [-0.1, -0.05) is 0 Å². The van der Waals surface area contributed by atoms with Crippen molar-refractivity contribution in [2.24, 2.45) is 0 Å². The molecule has 0 unspecified atom stereocenters. The Morgan fingerprint density at radius 3 is 3.20 bits per heavy atom. The highest BCUT2D eigenvalue weighted by Gasteiger charge is 2.03. The van der Waals surface area contributed by atoms with Crippen molar-refractivity contribution in [2.45, 2.75) is 13.1 Å². The van der Waals surface area contributed by atoms with Gasteiger partial charge in [-0.05, 0) is 12.1 Å². The van der Waals surface area contributed by atoms with Gasteiger partial charge in [0.25, 0.3) is 0 Å². The van der Waals surface area contributed by atoms with Crippen molar-refractivity contribution in [3.05, 3.63) is 24.0 Å². The van der Waals surface area contributed by atoms with Gasteiger partial charge in [-0.15, -0.1) is 12.4 Å². The molecule has 1 aromatic heterocycles. The molecule has 0 saturated carbocycles. The SMILES string of the molecule is Cl.c1cc2n(c1)CCNC2. The molecule has 0 spiro atoms. The average molecular weight is 159 g/mol. The Kier molecular flexibility index (Phi) is 2.35. The zero-order valence-electron chi connectivity index (χ0n) is 5.71. The van der Waals surface area contributed by atoms with Crippen LogP contribution >= 0.6 is 12.4 Å². The molecule has 1 aliphatic rings. The molecule has 0 bridgehead atoms. The first-order valence-electron chi connectivity index (χ1n) is 3.31. The van der Waals surface area contributed by atoms with Gasteiger partial charge >= 0.3 is 0 Å². The van der Waals surface area contributed by atoms with E-state index in [1.54, 1.807) is 0 Å². The Balaban J connectivity index is 0.000000500. The van der Waals surface area contributed by atoms with Crippen LogP contribution in [-0.2, 0) is 13.1 Å². The van der Waals surface area contributed by atoms with Crippen molar-refractivity contribution >= 4 is 12.4 Å². The van der Waals surface area contributed by atoms with Crippen molar-refractivity contribution in [2.75, 3.05) is 6.54 Å². The highest BCUT2D eigenvalue weighted by atomic mass is 35.5. The molecular weight excluding hydrogens is 148 g/mol. The standard InChI is InChI=1S/C7H10N2.ClH/c1-2-7-6-8-3-5-9(7)4-1;/h1-2,4,8H,3,5-6H2;1H. The zero-order chi connectivity index (χ0) is 6.10. The Morgan fingerprint density at radius 1 is 1.50 bits per heavy atom. The van der Waals surface area contributed by atoms with Crippen LogP contribution in [0.1, 0.15) is 5.69 Å². The van der Waals surface area contributed by atoms with Crippen LogP contribution in [0.15, 0.2) is 18.3 Å². The fourth-order valence-electron chi connectivity index (χ4n) is 1.24. The van der Waals surface area contributed by atoms with Gasteiger partial charge in [-0.3, -0.25) is 0 Å². The van der Waals surface area contributed by atoms with Crippen molar-refractivity contribution in [3.63, 3.8) is 0 Å². The highest BCUT2D eigenvalue weighted by Crippen LogP contribution is 2.04. The Hall–Kier alpha value is -0.470. The first-order valence-corrected chi connectivity index (χ1v) is 3.31. The molecule has 0 fully saturated rings.